The minimum Gasteiger partial charge on any atom is -0.507 e. The van der Waals surface area contributed by atoms with Crippen LogP contribution in [0.1, 0.15) is 21.5 Å². The van der Waals surface area contributed by atoms with Crippen LogP contribution in [-0.4, -0.2) is 24.3 Å². The highest BCUT2D eigenvalue weighted by Gasteiger charge is 2.11. The third-order valence-corrected chi connectivity index (χ3v) is 2.91. The number of hydrazone groups is 1. The summed E-state index contributed by atoms with van der Waals surface area (Å²) in [6.07, 6.45) is 1.38. The van der Waals surface area contributed by atoms with Crippen LogP contribution in [0.3, 0.4) is 0 Å². The van der Waals surface area contributed by atoms with E-state index in [0.717, 1.165) is 5.56 Å². The summed E-state index contributed by atoms with van der Waals surface area (Å²) in [5.41, 5.74) is 4.33. The Labute approximate surface area is 122 Å². The second-order valence-corrected chi connectivity index (χ2v) is 4.46. The van der Waals surface area contributed by atoms with Crippen LogP contribution in [0.15, 0.2) is 47.6 Å². The van der Waals surface area contributed by atoms with Crippen LogP contribution in [0.2, 0.25) is 0 Å². The van der Waals surface area contributed by atoms with Crippen molar-refractivity contribution in [2.45, 2.75) is 6.92 Å². The van der Waals surface area contributed by atoms with Gasteiger partial charge in [0, 0.05) is 5.56 Å². The van der Waals surface area contributed by atoms with Crippen LogP contribution in [0.4, 0.5) is 0 Å². The average molecular weight is 284 g/mol. The Morgan fingerprint density at radius 3 is 2.76 bits per heavy atom. The summed E-state index contributed by atoms with van der Waals surface area (Å²) in [6.45, 7) is 1.92. The Morgan fingerprint density at radius 1 is 1.29 bits per heavy atom. The molecule has 0 atom stereocenters. The number of para-hydroxylation sites is 1. The predicted molar refractivity (Wildman–Crippen MR) is 80.9 cm³/mol. The molecule has 1 amide bonds. The number of ether oxygens (including phenoxy) is 1. The number of nitrogens with zero attached hydrogens (tertiary/aromatic N) is 1. The van der Waals surface area contributed by atoms with Gasteiger partial charge in [-0.3, -0.25) is 4.79 Å². The van der Waals surface area contributed by atoms with E-state index in [2.05, 4.69) is 10.5 Å². The maximum absolute atomic E-state index is 12.0. The Kier molecular flexibility index (Phi) is 4.56. The van der Waals surface area contributed by atoms with Gasteiger partial charge < -0.3 is 9.84 Å². The highest BCUT2D eigenvalue weighted by Crippen LogP contribution is 2.19. The lowest BCUT2D eigenvalue weighted by atomic mass is 10.1. The van der Waals surface area contributed by atoms with Crippen molar-refractivity contribution in [1.29, 1.82) is 0 Å². The maximum Gasteiger partial charge on any atom is 0.275 e. The number of amides is 1. The number of carbonyl (C=O) groups excluding carboxylic acids is 1. The summed E-state index contributed by atoms with van der Waals surface area (Å²) < 4.78 is 5.18. The van der Waals surface area contributed by atoms with Gasteiger partial charge in [-0.25, -0.2) is 5.43 Å². The lowest BCUT2D eigenvalue weighted by molar-refractivity contribution is 0.0952. The van der Waals surface area contributed by atoms with E-state index in [-0.39, 0.29) is 11.7 Å². The van der Waals surface area contributed by atoms with Crippen LogP contribution in [0.25, 0.3) is 0 Å². The first-order chi connectivity index (χ1) is 10.1. The van der Waals surface area contributed by atoms with E-state index >= 15 is 0 Å². The van der Waals surface area contributed by atoms with Gasteiger partial charge in [-0.2, -0.15) is 5.10 Å². The minimum absolute atomic E-state index is 0.100. The van der Waals surface area contributed by atoms with Crippen molar-refractivity contribution in [3.8, 4) is 11.5 Å². The molecule has 0 bridgehead atoms. The third-order valence-electron chi connectivity index (χ3n) is 2.91. The van der Waals surface area contributed by atoms with Crippen molar-refractivity contribution in [3.05, 3.63) is 59.2 Å². The van der Waals surface area contributed by atoms with Crippen molar-refractivity contribution < 1.29 is 14.6 Å². The van der Waals surface area contributed by atoms with Gasteiger partial charge in [-0.1, -0.05) is 18.2 Å². The highest BCUT2D eigenvalue weighted by molar-refractivity contribution is 5.97. The molecule has 0 fully saturated rings. The first kappa shape index (κ1) is 14.6. The number of benzene rings is 2. The summed E-state index contributed by atoms with van der Waals surface area (Å²) >= 11 is 0. The number of rotatable bonds is 4. The normalized spacial score (nSPS) is 10.6. The van der Waals surface area contributed by atoms with Crippen LogP contribution >= 0.6 is 0 Å². The van der Waals surface area contributed by atoms with Crippen molar-refractivity contribution in [1.82, 2.24) is 5.43 Å². The molecule has 5 heteroatoms. The zero-order valence-corrected chi connectivity index (χ0v) is 11.8. The van der Waals surface area contributed by atoms with Crippen LogP contribution in [0, 0.1) is 6.92 Å². The van der Waals surface area contributed by atoms with Gasteiger partial charge in [0.1, 0.15) is 11.5 Å². The van der Waals surface area contributed by atoms with Crippen molar-refractivity contribution in [2.24, 2.45) is 5.10 Å². The monoisotopic (exact) mass is 284 g/mol. The van der Waals surface area contributed by atoms with Gasteiger partial charge >= 0.3 is 0 Å². The number of methoxy groups -OCH3 is 1. The first-order valence-electron chi connectivity index (χ1n) is 6.38. The van der Waals surface area contributed by atoms with Gasteiger partial charge in [0.2, 0.25) is 0 Å². The van der Waals surface area contributed by atoms with Crippen molar-refractivity contribution >= 4 is 12.1 Å². The molecule has 2 N–H and O–H groups in total. The number of nitrogens with one attached hydrogen (secondary N) is 1. The van der Waals surface area contributed by atoms with E-state index in [1.165, 1.54) is 13.3 Å². The van der Waals surface area contributed by atoms with Crippen LogP contribution in [-0.2, 0) is 0 Å². The van der Waals surface area contributed by atoms with E-state index in [4.69, 9.17) is 4.74 Å². The molecule has 2 aromatic rings. The van der Waals surface area contributed by atoms with E-state index in [1.807, 2.05) is 13.0 Å². The summed E-state index contributed by atoms with van der Waals surface area (Å²) in [6, 6.07) is 12.0. The largest absolute Gasteiger partial charge is 0.507 e. The summed E-state index contributed by atoms with van der Waals surface area (Å²) in [5.74, 6) is 0.215. The molecule has 0 radical (unpaired) electrons. The molecule has 0 aliphatic carbocycles. The number of hydrogen-bond acceptors (Lipinski definition) is 4. The van der Waals surface area contributed by atoms with E-state index < -0.39 is 0 Å². The van der Waals surface area contributed by atoms with Crippen LogP contribution < -0.4 is 10.2 Å². The smallest absolute Gasteiger partial charge is 0.275 e. The first-order valence-corrected chi connectivity index (χ1v) is 6.38. The number of hydrogen-bond donors (Lipinski definition) is 2. The van der Waals surface area contributed by atoms with E-state index in [9.17, 15) is 9.90 Å². The molecular formula is C16H16N2O3. The fourth-order valence-corrected chi connectivity index (χ4v) is 1.80. The molecule has 0 spiro atoms. The predicted octanol–water partition coefficient (Wildman–Crippen LogP) is 2.47. The Balaban J connectivity index is 2.10. The lowest BCUT2D eigenvalue weighted by Crippen LogP contribution is -2.18. The summed E-state index contributed by atoms with van der Waals surface area (Å²) in [5, 5.41) is 13.4. The Bertz CT molecular complexity index is 681. The Morgan fingerprint density at radius 2 is 2.05 bits per heavy atom. The molecule has 0 saturated carbocycles. The molecule has 0 aliphatic heterocycles. The number of carbonyl (C=O) groups is 1. The number of phenols is 1. The van der Waals surface area contributed by atoms with Crippen molar-refractivity contribution in [3.63, 3.8) is 0 Å². The second-order valence-electron chi connectivity index (χ2n) is 4.46. The van der Waals surface area contributed by atoms with Gasteiger partial charge in [0.25, 0.3) is 5.91 Å². The quantitative estimate of drug-likeness (QED) is 0.669. The zero-order valence-electron chi connectivity index (χ0n) is 11.8. The minimum atomic E-state index is -0.376. The third kappa shape index (κ3) is 3.60. The highest BCUT2D eigenvalue weighted by atomic mass is 16.5. The molecule has 2 rings (SSSR count). The van der Waals surface area contributed by atoms with Crippen LogP contribution in [0.5, 0.6) is 11.5 Å². The topological polar surface area (TPSA) is 70.9 Å². The fourth-order valence-electron chi connectivity index (χ4n) is 1.80. The molecule has 0 heterocycles. The average Bonchev–Trinajstić information content (AvgIpc) is 2.48. The SMILES string of the molecule is COc1cc(C)ccc1C(=O)N/N=C\c1ccccc1O. The number of aromatic hydroxyl groups is 1. The van der Waals surface area contributed by atoms with Gasteiger partial charge in [0.05, 0.1) is 18.9 Å². The van der Waals surface area contributed by atoms with E-state index in [1.54, 1.807) is 36.4 Å². The van der Waals surface area contributed by atoms with Crippen molar-refractivity contribution in [2.75, 3.05) is 7.11 Å². The molecule has 21 heavy (non-hydrogen) atoms. The fraction of sp³-hybridized carbons (Fsp3) is 0.125. The van der Waals surface area contributed by atoms with Gasteiger partial charge in [0.15, 0.2) is 0 Å². The summed E-state index contributed by atoms with van der Waals surface area (Å²) in [7, 11) is 1.51. The molecule has 0 saturated heterocycles. The molecule has 108 valence electrons. The Hall–Kier alpha value is -2.82. The number of phenolic OH excluding ortho intramolecular Hbond substituents is 1. The molecular weight excluding hydrogens is 268 g/mol. The number of aryl methyl sites for hydroxylation is 1. The maximum atomic E-state index is 12.0. The van der Waals surface area contributed by atoms with E-state index in [0.29, 0.717) is 16.9 Å². The summed E-state index contributed by atoms with van der Waals surface area (Å²) in [4.78, 5) is 12.0. The second kappa shape index (κ2) is 6.56. The molecule has 0 aromatic heterocycles. The molecule has 0 unspecified atom stereocenters. The molecule has 2 aromatic carbocycles. The standard InChI is InChI=1S/C16H16N2O3/c1-11-7-8-13(15(9-11)21-2)16(20)18-17-10-12-5-3-4-6-14(12)19/h3-10,19H,1-2H3,(H,18,20)/b17-10-. The zero-order chi connectivity index (χ0) is 15.2. The van der Waals surface area contributed by atoms with Gasteiger partial charge in [-0.05, 0) is 36.8 Å². The lowest BCUT2D eigenvalue weighted by Gasteiger charge is -2.07. The van der Waals surface area contributed by atoms with Gasteiger partial charge in [-0.15, -0.1) is 0 Å². The molecule has 5 nitrogen and oxygen atoms in total. The molecule has 0 aliphatic rings.